The summed E-state index contributed by atoms with van der Waals surface area (Å²) in [7, 11) is 0. The van der Waals surface area contributed by atoms with E-state index in [1.165, 1.54) is 11.8 Å². The van der Waals surface area contributed by atoms with E-state index in [-0.39, 0.29) is 5.75 Å². The van der Waals surface area contributed by atoms with Crippen molar-refractivity contribution < 1.29 is 5.11 Å². The molecule has 1 aliphatic rings. The zero-order valence-electron chi connectivity index (χ0n) is 16.0. The predicted octanol–water partition coefficient (Wildman–Crippen LogP) is 6.15. The Hall–Kier alpha value is -2.61. The van der Waals surface area contributed by atoms with Crippen LogP contribution in [0.25, 0.3) is 5.69 Å². The predicted molar refractivity (Wildman–Crippen MR) is 123 cm³/mol. The zero-order valence-corrected chi connectivity index (χ0v) is 18.4. The maximum absolute atomic E-state index is 10.7. The molecular weight excluding hydrogens is 436 g/mol. The van der Waals surface area contributed by atoms with Crippen molar-refractivity contribution in [2.24, 2.45) is 0 Å². The number of nitrogens with zero attached hydrogens (tertiary/aromatic N) is 4. The molecule has 4 aromatic rings. The largest absolute Gasteiger partial charge is 0.506 e. The molecule has 30 heavy (non-hydrogen) atoms. The van der Waals surface area contributed by atoms with Gasteiger partial charge in [0, 0.05) is 20.5 Å². The topological polar surface area (TPSA) is 54.2 Å². The van der Waals surface area contributed by atoms with E-state index in [2.05, 4.69) is 27.2 Å². The summed E-state index contributed by atoms with van der Waals surface area (Å²) in [6.45, 7) is 0.457. The minimum absolute atomic E-state index is 0.247. The number of aromatic nitrogens is 3. The Labute approximate surface area is 187 Å². The molecule has 0 atom stereocenters. The summed E-state index contributed by atoms with van der Waals surface area (Å²) >= 11 is 9.28. The second-order valence-corrected chi connectivity index (χ2v) is 8.99. The van der Waals surface area contributed by atoms with Crippen molar-refractivity contribution in [1.82, 2.24) is 14.8 Å². The summed E-state index contributed by atoms with van der Waals surface area (Å²) in [6, 6.07) is 21.5. The number of aromatic hydroxyl groups is 1. The number of anilines is 2. The van der Waals surface area contributed by atoms with E-state index >= 15 is 0 Å². The number of thioether (sulfide) groups is 1. The maximum Gasteiger partial charge on any atom is 0.195 e. The van der Waals surface area contributed by atoms with Gasteiger partial charge in [-0.25, -0.2) is 0 Å². The SMILES string of the molecule is CSc1nnc(CN2c3ccccc3Sc3cccc(O)c32)n1-c1ccc(Cl)cc1. The van der Waals surface area contributed by atoms with Crippen LogP contribution in [0.2, 0.25) is 5.02 Å². The minimum Gasteiger partial charge on any atom is -0.506 e. The van der Waals surface area contributed by atoms with Crippen LogP contribution in [0.1, 0.15) is 5.82 Å². The van der Waals surface area contributed by atoms with Gasteiger partial charge in [-0.1, -0.05) is 53.3 Å². The quantitative estimate of drug-likeness (QED) is 0.375. The van der Waals surface area contributed by atoms with E-state index in [0.29, 0.717) is 11.6 Å². The average Bonchev–Trinajstić information content (AvgIpc) is 3.17. The van der Waals surface area contributed by atoms with E-state index < -0.39 is 0 Å². The number of para-hydroxylation sites is 2. The van der Waals surface area contributed by atoms with E-state index in [9.17, 15) is 5.11 Å². The molecule has 0 saturated carbocycles. The number of halogens is 1. The Balaban J connectivity index is 1.64. The summed E-state index contributed by atoms with van der Waals surface area (Å²) < 4.78 is 2.03. The first kappa shape index (κ1) is 19.4. The average molecular weight is 453 g/mol. The molecule has 5 rings (SSSR count). The molecule has 0 bridgehead atoms. The van der Waals surface area contributed by atoms with Gasteiger partial charge in [0.25, 0.3) is 0 Å². The molecule has 0 fully saturated rings. The van der Waals surface area contributed by atoms with Gasteiger partial charge in [0.15, 0.2) is 11.0 Å². The van der Waals surface area contributed by atoms with E-state index in [4.69, 9.17) is 11.6 Å². The third-order valence-electron chi connectivity index (χ3n) is 4.89. The second kappa shape index (κ2) is 7.91. The third-order valence-corrected chi connectivity index (χ3v) is 6.89. The van der Waals surface area contributed by atoms with Crippen molar-refractivity contribution in [3.05, 3.63) is 77.6 Å². The fourth-order valence-electron chi connectivity index (χ4n) is 3.56. The number of rotatable bonds is 4. The molecular formula is C22H17ClN4OS2. The van der Waals surface area contributed by atoms with Crippen LogP contribution in [0.5, 0.6) is 5.75 Å². The minimum atomic E-state index is 0.247. The summed E-state index contributed by atoms with van der Waals surface area (Å²) in [5.41, 5.74) is 2.77. The highest BCUT2D eigenvalue weighted by Gasteiger charge is 2.28. The lowest BCUT2D eigenvalue weighted by molar-refractivity contribution is 0.473. The molecule has 8 heteroatoms. The van der Waals surface area contributed by atoms with Crippen LogP contribution in [-0.4, -0.2) is 26.1 Å². The van der Waals surface area contributed by atoms with Crippen LogP contribution in [0, 0.1) is 0 Å². The molecule has 5 nitrogen and oxygen atoms in total. The molecule has 0 radical (unpaired) electrons. The normalized spacial score (nSPS) is 12.5. The van der Waals surface area contributed by atoms with Gasteiger partial charge in [-0.15, -0.1) is 10.2 Å². The van der Waals surface area contributed by atoms with Crippen LogP contribution in [0.3, 0.4) is 0 Å². The Bertz CT molecular complexity index is 1230. The summed E-state index contributed by atoms with van der Waals surface area (Å²) in [5, 5.41) is 21.0. The zero-order chi connectivity index (χ0) is 20.7. The van der Waals surface area contributed by atoms with Gasteiger partial charge in [0.05, 0.1) is 17.9 Å². The molecule has 1 aromatic heterocycles. The first-order valence-electron chi connectivity index (χ1n) is 9.26. The van der Waals surface area contributed by atoms with Crippen LogP contribution in [-0.2, 0) is 6.54 Å². The van der Waals surface area contributed by atoms with Gasteiger partial charge in [0.1, 0.15) is 5.75 Å². The van der Waals surface area contributed by atoms with Crippen LogP contribution in [0.15, 0.2) is 81.7 Å². The van der Waals surface area contributed by atoms with Crippen LogP contribution >= 0.6 is 35.1 Å². The lowest BCUT2D eigenvalue weighted by atomic mass is 10.2. The van der Waals surface area contributed by atoms with Crippen LogP contribution in [0.4, 0.5) is 11.4 Å². The molecule has 0 amide bonds. The highest BCUT2D eigenvalue weighted by atomic mass is 35.5. The summed E-state index contributed by atoms with van der Waals surface area (Å²) in [6.07, 6.45) is 1.98. The van der Waals surface area contributed by atoms with Crippen molar-refractivity contribution in [3.8, 4) is 11.4 Å². The molecule has 0 saturated heterocycles. The van der Waals surface area contributed by atoms with Crippen LogP contribution < -0.4 is 4.90 Å². The molecule has 0 aliphatic carbocycles. The number of hydrogen-bond acceptors (Lipinski definition) is 6. The molecule has 150 valence electrons. The Morgan fingerprint density at radius 3 is 2.53 bits per heavy atom. The van der Waals surface area contributed by atoms with Crippen molar-refractivity contribution in [3.63, 3.8) is 0 Å². The molecule has 1 N–H and O–H groups in total. The number of phenols is 1. The van der Waals surface area contributed by atoms with Crippen molar-refractivity contribution in [2.75, 3.05) is 11.2 Å². The van der Waals surface area contributed by atoms with Crippen molar-refractivity contribution >= 4 is 46.5 Å². The fourth-order valence-corrected chi connectivity index (χ4v) is 5.33. The van der Waals surface area contributed by atoms with E-state index in [0.717, 1.165) is 37.8 Å². The van der Waals surface area contributed by atoms with Gasteiger partial charge in [-0.3, -0.25) is 4.57 Å². The van der Waals surface area contributed by atoms with Gasteiger partial charge >= 0.3 is 0 Å². The number of fused-ring (bicyclic) bond motifs is 2. The first-order valence-corrected chi connectivity index (χ1v) is 11.7. The smallest absolute Gasteiger partial charge is 0.195 e. The van der Waals surface area contributed by atoms with E-state index in [1.807, 2.05) is 59.4 Å². The second-order valence-electron chi connectivity index (χ2n) is 6.69. The fraction of sp³-hybridized carbons (Fsp3) is 0.0909. The standard InChI is InChI=1S/C22H17ClN4OS2/c1-29-22-25-24-20(27(22)15-11-9-14(23)10-12-15)13-26-16-5-2-3-7-18(16)30-19-8-4-6-17(28)21(19)26/h2-12,28H,13H2,1H3. The number of phenolic OH excluding ortho intramolecular Hbond substituents is 1. The number of benzene rings is 3. The molecule has 1 aliphatic heterocycles. The van der Waals surface area contributed by atoms with Gasteiger partial charge in [-0.05, 0) is 54.8 Å². The van der Waals surface area contributed by atoms with Crippen molar-refractivity contribution in [2.45, 2.75) is 21.5 Å². The monoisotopic (exact) mass is 452 g/mol. The molecule has 0 spiro atoms. The summed E-state index contributed by atoms with van der Waals surface area (Å²) in [5.74, 6) is 1.02. The van der Waals surface area contributed by atoms with Gasteiger partial charge in [-0.2, -0.15) is 0 Å². The molecule has 0 unspecified atom stereocenters. The molecule has 3 aromatic carbocycles. The third kappa shape index (κ3) is 3.33. The number of hydrogen-bond donors (Lipinski definition) is 1. The Morgan fingerprint density at radius 2 is 1.73 bits per heavy atom. The highest BCUT2D eigenvalue weighted by molar-refractivity contribution is 7.99. The van der Waals surface area contributed by atoms with Crippen molar-refractivity contribution in [1.29, 1.82) is 0 Å². The van der Waals surface area contributed by atoms with Gasteiger partial charge < -0.3 is 10.0 Å². The van der Waals surface area contributed by atoms with E-state index in [1.54, 1.807) is 17.8 Å². The van der Waals surface area contributed by atoms with Gasteiger partial charge in [0.2, 0.25) is 0 Å². The summed E-state index contributed by atoms with van der Waals surface area (Å²) in [4.78, 5) is 4.26. The Morgan fingerprint density at radius 1 is 0.967 bits per heavy atom. The molecule has 2 heterocycles. The Kier molecular flexibility index (Phi) is 5.10. The lowest BCUT2D eigenvalue weighted by Crippen LogP contribution is -2.22. The lowest BCUT2D eigenvalue weighted by Gasteiger charge is -2.32. The maximum atomic E-state index is 10.7. The highest BCUT2D eigenvalue weighted by Crippen LogP contribution is 2.51. The first-order chi connectivity index (χ1) is 14.7.